The second kappa shape index (κ2) is 7.41. The zero-order valence-corrected chi connectivity index (χ0v) is 13.2. The number of rotatable bonds is 5. The molecule has 1 saturated heterocycles. The predicted octanol–water partition coefficient (Wildman–Crippen LogP) is 2.18. The predicted molar refractivity (Wildman–Crippen MR) is 80.6 cm³/mol. The second-order valence-corrected chi connectivity index (χ2v) is 6.54. The van der Waals surface area contributed by atoms with Gasteiger partial charge in [-0.3, -0.25) is 9.69 Å². The molecule has 20 heavy (non-hydrogen) atoms. The Kier molecular flexibility index (Phi) is 5.85. The van der Waals surface area contributed by atoms with Gasteiger partial charge in [-0.15, -0.1) is 0 Å². The van der Waals surface area contributed by atoms with Crippen molar-refractivity contribution in [2.45, 2.75) is 71.0 Å². The van der Waals surface area contributed by atoms with E-state index in [-0.39, 0.29) is 11.9 Å². The molecule has 2 aliphatic rings. The van der Waals surface area contributed by atoms with E-state index in [9.17, 15) is 4.79 Å². The standard InChI is InChI=1S/C16H30N2O2/c1-4-20-16(19)13-5-7-14(8-6-13)17-15-9-10-18(11-15)12(2)3/h12-15,17H,4-11H2,1-3H3. The van der Waals surface area contributed by atoms with E-state index in [1.165, 1.54) is 19.5 Å². The van der Waals surface area contributed by atoms with Crippen LogP contribution < -0.4 is 5.32 Å². The van der Waals surface area contributed by atoms with Crippen LogP contribution in [0.25, 0.3) is 0 Å². The van der Waals surface area contributed by atoms with Gasteiger partial charge in [-0.25, -0.2) is 0 Å². The average molecular weight is 282 g/mol. The number of nitrogens with zero attached hydrogens (tertiary/aromatic N) is 1. The summed E-state index contributed by atoms with van der Waals surface area (Å²) < 4.78 is 5.12. The summed E-state index contributed by atoms with van der Waals surface area (Å²) in [5.41, 5.74) is 0. The van der Waals surface area contributed by atoms with Crippen LogP contribution in [0.1, 0.15) is 52.9 Å². The van der Waals surface area contributed by atoms with Crippen LogP contribution in [0.3, 0.4) is 0 Å². The molecule has 2 rings (SSSR count). The van der Waals surface area contributed by atoms with E-state index in [1.807, 2.05) is 6.92 Å². The van der Waals surface area contributed by atoms with Gasteiger partial charge in [-0.05, 0) is 59.4 Å². The maximum absolute atomic E-state index is 11.7. The maximum atomic E-state index is 11.7. The van der Waals surface area contributed by atoms with Crippen LogP contribution in [-0.4, -0.2) is 48.7 Å². The highest BCUT2D eigenvalue weighted by Crippen LogP contribution is 2.26. The Hall–Kier alpha value is -0.610. The monoisotopic (exact) mass is 282 g/mol. The molecule has 1 saturated carbocycles. The third kappa shape index (κ3) is 4.19. The molecule has 1 N–H and O–H groups in total. The SMILES string of the molecule is CCOC(=O)C1CCC(NC2CCN(C(C)C)C2)CC1. The molecule has 1 aliphatic carbocycles. The summed E-state index contributed by atoms with van der Waals surface area (Å²) in [4.78, 5) is 14.3. The van der Waals surface area contributed by atoms with Crippen LogP contribution in [-0.2, 0) is 9.53 Å². The minimum Gasteiger partial charge on any atom is -0.466 e. The molecule has 1 atom stereocenters. The molecule has 116 valence electrons. The van der Waals surface area contributed by atoms with Crippen LogP contribution in [0.2, 0.25) is 0 Å². The fourth-order valence-corrected chi connectivity index (χ4v) is 3.48. The minimum absolute atomic E-state index is 0.0119. The van der Waals surface area contributed by atoms with E-state index >= 15 is 0 Å². The van der Waals surface area contributed by atoms with E-state index in [0.717, 1.165) is 25.7 Å². The van der Waals surface area contributed by atoms with Gasteiger partial charge < -0.3 is 10.1 Å². The lowest BCUT2D eigenvalue weighted by molar-refractivity contribution is -0.149. The summed E-state index contributed by atoms with van der Waals surface area (Å²) in [5.74, 6) is 0.154. The van der Waals surface area contributed by atoms with Crippen LogP contribution in [0.15, 0.2) is 0 Å². The second-order valence-electron chi connectivity index (χ2n) is 6.54. The van der Waals surface area contributed by atoms with Crippen molar-refractivity contribution in [2.75, 3.05) is 19.7 Å². The number of hydrogen-bond acceptors (Lipinski definition) is 4. The van der Waals surface area contributed by atoms with Crippen LogP contribution in [0.4, 0.5) is 0 Å². The third-order valence-electron chi connectivity index (χ3n) is 4.77. The molecule has 0 bridgehead atoms. The highest BCUT2D eigenvalue weighted by Gasteiger charge is 2.30. The van der Waals surface area contributed by atoms with E-state index in [2.05, 4.69) is 24.1 Å². The highest BCUT2D eigenvalue weighted by atomic mass is 16.5. The van der Waals surface area contributed by atoms with Gasteiger partial charge in [0.25, 0.3) is 0 Å². The lowest BCUT2D eigenvalue weighted by atomic mass is 9.85. The number of likely N-dealkylation sites (tertiary alicyclic amines) is 1. The summed E-state index contributed by atoms with van der Waals surface area (Å²) in [6, 6.07) is 1.89. The normalized spacial score (nSPS) is 31.7. The van der Waals surface area contributed by atoms with Crippen molar-refractivity contribution in [3.63, 3.8) is 0 Å². The maximum Gasteiger partial charge on any atom is 0.308 e. The van der Waals surface area contributed by atoms with Gasteiger partial charge in [-0.1, -0.05) is 0 Å². The van der Waals surface area contributed by atoms with Crippen molar-refractivity contribution in [1.82, 2.24) is 10.2 Å². The largest absolute Gasteiger partial charge is 0.466 e. The highest BCUT2D eigenvalue weighted by molar-refractivity contribution is 5.72. The lowest BCUT2D eigenvalue weighted by Crippen LogP contribution is -2.43. The Balaban J connectivity index is 1.69. The topological polar surface area (TPSA) is 41.6 Å². The number of hydrogen-bond donors (Lipinski definition) is 1. The molecule has 0 aromatic rings. The van der Waals surface area contributed by atoms with E-state index in [4.69, 9.17) is 4.74 Å². The van der Waals surface area contributed by atoms with E-state index in [1.54, 1.807) is 0 Å². The first-order chi connectivity index (χ1) is 9.60. The first kappa shape index (κ1) is 15.8. The summed E-state index contributed by atoms with van der Waals surface area (Å²) in [6.45, 7) is 9.32. The van der Waals surface area contributed by atoms with Crippen molar-refractivity contribution in [1.29, 1.82) is 0 Å². The summed E-state index contributed by atoms with van der Waals surface area (Å²) in [5, 5.41) is 3.80. The molecular weight excluding hydrogens is 252 g/mol. The molecule has 0 amide bonds. The van der Waals surface area contributed by atoms with Gasteiger partial charge in [-0.2, -0.15) is 0 Å². The van der Waals surface area contributed by atoms with Gasteiger partial charge in [0.05, 0.1) is 12.5 Å². The number of nitrogens with one attached hydrogen (secondary N) is 1. The van der Waals surface area contributed by atoms with Crippen molar-refractivity contribution in [3.05, 3.63) is 0 Å². The molecule has 1 aliphatic heterocycles. The number of carbonyl (C=O) groups is 1. The molecule has 1 heterocycles. The van der Waals surface area contributed by atoms with Crippen molar-refractivity contribution >= 4 is 5.97 Å². The Morgan fingerprint density at radius 2 is 1.90 bits per heavy atom. The number of esters is 1. The van der Waals surface area contributed by atoms with Gasteiger partial charge in [0.2, 0.25) is 0 Å². The Morgan fingerprint density at radius 3 is 2.45 bits per heavy atom. The summed E-state index contributed by atoms with van der Waals surface area (Å²) >= 11 is 0. The third-order valence-corrected chi connectivity index (χ3v) is 4.77. The molecule has 0 spiro atoms. The molecule has 4 nitrogen and oxygen atoms in total. The lowest BCUT2D eigenvalue weighted by Gasteiger charge is -2.30. The smallest absolute Gasteiger partial charge is 0.308 e. The quantitative estimate of drug-likeness (QED) is 0.785. The summed E-state index contributed by atoms with van der Waals surface area (Å²) in [7, 11) is 0. The van der Waals surface area contributed by atoms with Crippen LogP contribution in [0, 0.1) is 5.92 Å². The first-order valence-electron chi connectivity index (χ1n) is 8.26. The van der Waals surface area contributed by atoms with Gasteiger partial charge in [0, 0.05) is 24.7 Å². The molecule has 2 fully saturated rings. The first-order valence-corrected chi connectivity index (χ1v) is 8.26. The number of carbonyl (C=O) groups excluding carboxylic acids is 1. The molecular formula is C16H30N2O2. The van der Waals surface area contributed by atoms with Crippen molar-refractivity contribution < 1.29 is 9.53 Å². The minimum atomic E-state index is 0.0119. The fourth-order valence-electron chi connectivity index (χ4n) is 3.48. The molecule has 0 aromatic heterocycles. The molecule has 0 aromatic carbocycles. The fraction of sp³-hybridized carbons (Fsp3) is 0.938. The van der Waals surface area contributed by atoms with Crippen LogP contribution >= 0.6 is 0 Å². The van der Waals surface area contributed by atoms with Gasteiger partial charge in [0.15, 0.2) is 0 Å². The zero-order valence-electron chi connectivity index (χ0n) is 13.2. The van der Waals surface area contributed by atoms with Gasteiger partial charge in [0.1, 0.15) is 0 Å². The average Bonchev–Trinajstić information content (AvgIpc) is 2.88. The van der Waals surface area contributed by atoms with Crippen LogP contribution in [0.5, 0.6) is 0 Å². The van der Waals surface area contributed by atoms with E-state index < -0.39 is 0 Å². The Morgan fingerprint density at radius 1 is 1.20 bits per heavy atom. The zero-order chi connectivity index (χ0) is 14.5. The van der Waals surface area contributed by atoms with Crippen molar-refractivity contribution in [2.24, 2.45) is 5.92 Å². The summed E-state index contributed by atoms with van der Waals surface area (Å²) in [6.07, 6.45) is 5.45. The Labute approximate surface area is 123 Å². The molecule has 1 unspecified atom stereocenters. The van der Waals surface area contributed by atoms with E-state index in [0.29, 0.717) is 24.7 Å². The van der Waals surface area contributed by atoms with Gasteiger partial charge >= 0.3 is 5.97 Å². The van der Waals surface area contributed by atoms with Crippen molar-refractivity contribution in [3.8, 4) is 0 Å². The number of ether oxygens (including phenoxy) is 1. The molecule has 4 heteroatoms. The Bertz CT molecular complexity index is 312. The molecule has 0 radical (unpaired) electrons.